The molecule has 1 aliphatic heterocycles. The van der Waals surface area contributed by atoms with Crippen LogP contribution in [0.4, 0.5) is 0 Å². The van der Waals surface area contributed by atoms with Crippen LogP contribution in [0.15, 0.2) is 18.2 Å². The summed E-state index contributed by atoms with van der Waals surface area (Å²) in [5.74, 6) is 0.818. The zero-order valence-corrected chi connectivity index (χ0v) is 16.2. The molecule has 0 saturated heterocycles. The minimum absolute atomic E-state index is 0.0984. The maximum absolute atomic E-state index is 12.5. The fourth-order valence-corrected chi connectivity index (χ4v) is 2.83. The van der Waals surface area contributed by atoms with Gasteiger partial charge in [-0.2, -0.15) is 0 Å². The lowest BCUT2D eigenvalue weighted by Crippen LogP contribution is -2.36. The van der Waals surface area contributed by atoms with Gasteiger partial charge in [0, 0.05) is 31.5 Å². The Morgan fingerprint density at radius 3 is 2.44 bits per heavy atom. The summed E-state index contributed by atoms with van der Waals surface area (Å²) in [4.78, 5) is 38.0. The van der Waals surface area contributed by atoms with Gasteiger partial charge in [0.2, 0.25) is 5.91 Å². The average molecular weight is 377 g/mol. The van der Waals surface area contributed by atoms with Gasteiger partial charge in [-0.3, -0.25) is 14.4 Å². The number of hydrogen-bond acceptors (Lipinski definition) is 6. The summed E-state index contributed by atoms with van der Waals surface area (Å²) in [6, 6.07) is 5.05. The second kappa shape index (κ2) is 9.94. The van der Waals surface area contributed by atoms with Gasteiger partial charge in [-0.25, -0.2) is 0 Å². The van der Waals surface area contributed by atoms with Gasteiger partial charge in [0.05, 0.1) is 13.5 Å². The average Bonchev–Trinajstić information content (AvgIpc) is 2.67. The van der Waals surface area contributed by atoms with Crippen molar-refractivity contribution in [1.29, 1.82) is 0 Å². The second-order valence-corrected chi connectivity index (χ2v) is 6.84. The molecular formula is C20H27NO6. The quantitative estimate of drug-likeness (QED) is 0.486. The number of fused-ring (bicyclic) bond motifs is 1. The largest absolute Gasteiger partial charge is 0.486 e. The first-order valence-electron chi connectivity index (χ1n) is 9.18. The normalized spacial score (nSPS) is 12.6. The Morgan fingerprint density at radius 2 is 1.78 bits per heavy atom. The smallest absolute Gasteiger partial charge is 0.307 e. The van der Waals surface area contributed by atoms with Crippen molar-refractivity contribution in [3.63, 3.8) is 0 Å². The maximum atomic E-state index is 12.5. The zero-order chi connectivity index (χ0) is 19.8. The Balaban J connectivity index is 1.92. The highest BCUT2D eigenvalue weighted by Crippen LogP contribution is 2.31. The van der Waals surface area contributed by atoms with Gasteiger partial charge in [-0.05, 0) is 24.1 Å². The number of Topliss-reactive ketones (excluding diaryl/α,β-unsaturated/α-hetero) is 1. The van der Waals surface area contributed by atoms with E-state index in [2.05, 4.69) is 4.74 Å². The van der Waals surface area contributed by atoms with Gasteiger partial charge in [0.25, 0.3) is 0 Å². The summed E-state index contributed by atoms with van der Waals surface area (Å²) >= 11 is 0. The molecule has 0 radical (unpaired) electrons. The molecule has 0 saturated carbocycles. The molecule has 0 aromatic heterocycles. The monoisotopic (exact) mass is 377 g/mol. The number of rotatable bonds is 9. The molecule has 0 N–H and O–H groups in total. The first-order chi connectivity index (χ1) is 12.9. The molecule has 148 valence electrons. The number of benzene rings is 1. The Bertz CT molecular complexity index is 685. The number of ketones is 1. The standard InChI is InChI=1S/C20H27NO6/c1-14(2)13-21(9-8-20(24)25-3)19(23)7-5-16(22)15-4-6-17-18(12-15)27-11-10-26-17/h4,6,12,14H,5,7-11,13H2,1-3H3. The van der Waals surface area contributed by atoms with Crippen molar-refractivity contribution in [1.82, 2.24) is 4.90 Å². The number of amides is 1. The Kier molecular flexibility index (Phi) is 7.64. The number of hydrogen-bond donors (Lipinski definition) is 0. The Labute approximate surface area is 159 Å². The predicted molar refractivity (Wildman–Crippen MR) is 99.0 cm³/mol. The number of methoxy groups -OCH3 is 1. The van der Waals surface area contributed by atoms with Crippen LogP contribution in [-0.4, -0.2) is 56.0 Å². The van der Waals surface area contributed by atoms with E-state index >= 15 is 0 Å². The van der Waals surface area contributed by atoms with Crippen molar-refractivity contribution < 1.29 is 28.6 Å². The topological polar surface area (TPSA) is 82.1 Å². The SMILES string of the molecule is COC(=O)CCN(CC(C)C)C(=O)CCC(=O)c1ccc2c(c1)OCCO2. The lowest BCUT2D eigenvalue weighted by atomic mass is 10.0. The van der Waals surface area contributed by atoms with E-state index in [9.17, 15) is 14.4 Å². The highest BCUT2D eigenvalue weighted by atomic mass is 16.6. The molecule has 1 aromatic rings. The predicted octanol–water partition coefficient (Wildman–Crippen LogP) is 2.47. The van der Waals surface area contributed by atoms with Crippen molar-refractivity contribution in [2.75, 3.05) is 33.4 Å². The third-order valence-electron chi connectivity index (χ3n) is 4.18. The minimum Gasteiger partial charge on any atom is -0.486 e. The van der Waals surface area contributed by atoms with Gasteiger partial charge in [-0.1, -0.05) is 13.8 Å². The number of esters is 1. The van der Waals surface area contributed by atoms with Gasteiger partial charge >= 0.3 is 5.97 Å². The van der Waals surface area contributed by atoms with E-state index in [-0.39, 0.29) is 42.8 Å². The van der Waals surface area contributed by atoms with Crippen LogP contribution in [-0.2, 0) is 14.3 Å². The molecule has 0 unspecified atom stereocenters. The van der Waals surface area contributed by atoms with Crippen LogP contribution in [0.2, 0.25) is 0 Å². The minimum atomic E-state index is -0.357. The van der Waals surface area contributed by atoms with E-state index in [4.69, 9.17) is 9.47 Å². The van der Waals surface area contributed by atoms with Crippen LogP contribution in [0, 0.1) is 5.92 Å². The highest BCUT2D eigenvalue weighted by Gasteiger charge is 2.19. The van der Waals surface area contributed by atoms with Crippen molar-refractivity contribution in [2.24, 2.45) is 5.92 Å². The fourth-order valence-electron chi connectivity index (χ4n) is 2.83. The number of nitrogens with zero attached hydrogens (tertiary/aromatic N) is 1. The van der Waals surface area contributed by atoms with Gasteiger partial charge in [0.1, 0.15) is 13.2 Å². The van der Waals surface area contributed by atoms with Crippen LogP contribution in [0.3, 0.4) is 0 Å². The van der Waals surface area contributed by atoms with E-state index in [0.717, 1.165) is 0 Å². The highest BCUT2D eigenvalue weighted by molar-refractivity contribution is 5.98. The van der Waals surface area contributed by atoms with Crippen molar-refractivity contribution in [3.8, 4) is 11.5 Å². The number of carbonyl (C=O) groups excluding carboxylic acids is 3. The summed E-state index contributed by atoms with van der Waals surface area (Å²) in [6.45, 7) is 5.77. The third-order valence-corrected chi connectivity index (χ3v) is 4.18. The Hall–Kier alpha value is -2.57. The first-order valence-corrected chi connectivity index (χ1v) is 9.18. The van der Waals surface area contributed by atoms with Crippen LogP contribution >= 0.6 is 0 Å². The molecule has 0 fully saturated rings. The molecule has 27 heavy (non-hydrogen) atoms. The van der Waals surface area contributed by atoms with Crippen LogP contribution in [0.5, 0.6) is 11.5 Å². The van der Waals surface area contributed by atoms with E-state index in [1.165, 1.54) is 7.11 Å². The molecule has 0 aliphatic carbocycles. The summed E-state index contributed by atoms with van der Waals surface area (Å²) in [6.07, 6.45) is 0.345. The van der Waals surface area contributed by atoms with Gasteiger partial charge in [-0.15, -0.1) is 0 Å². The first kappa shape index (κ1) is 20.7. The van der Waals surface area contributed by atoms with Crippen molar-refractivity contribution in [3.05, 3.63) is 23.8 Å². The molecule has 0 spiro atoms. The zero-order valence-electron chi connectivity index (χ0n) is 16.2. The molecule has 1 heterocycles. The summed E-state index contributed by atoms with van der Waals surface area (Å²) in [7, 11) is 1.32. The van der Waals surface area contributed by atoms with Crippen molar-refractivity contribution in [2.45, 2.75) is 33.1 Å². The lowest BCUT2D eigenvalue weighted by molar-refractivity contribution is -0.141. The molecule has 7 heteroatoms. The molecule has 1 amide bonds. The van der Waals surface area contributed by atoms with E-state index in [1.54, 1.807) is 23.1 Å². The molecule has 2 rings (SSSR count). The van der Waals surface area contributed by atoms with Crippen LogP contribution < -0.4 is 9.47 Å². The second-order valence-electron chi connectivity index (χ2n) is 6.84. The van der Waals surface area contributed by atoms with Gasteiger partial charge < -0.3 is 19.1 Å². The number of ether oxygens (including phenoxy) is 3. The van der Waals surface area contributed by atoms with E-state index < -0.39 is 0 Å². The maximum Gasteiger partial charge on any atom is 0.307 e. The molecule has 1 aromatic carbocycles. The molecular weight excluding hydrogens is 350 g/mol. The lowest BCUT2D eigenvalue weighted by Gasteiger charge is -2.24. The van der Waals surface area contributed by atoms with E-state index in [0.29, 0.717) is 43.4 Å². The fraction of sp³-hybridized carbons (Fsp3) is 0.550. The van der Waals surface area contributed by atoms with Crippen LogP contribution in [0.1, 0.15) is 43.5 Å². The van der Waals surface area contributed by atoms with E-state index in [1.807, 2.05) is 13.8 Å². The molecule has 1 aliphatic rings. The summed E-state index contributed by atoms with van der Waals surface area (Å²) < 4.78 is 15.6. The van der Waals surface area contributed by atoms with Gasteiger partial charge in [0.15, 0.2) is 17.3 Å². The number of carbonyl (C=O) groups is 3. The van der Waals surface area contributed by atoms with Crippen LogP contribution in [0.25, 0.3) is 0 Å². The Morgan fingerprint density at radius 1 is 1.07 bits per heavy atom. The molecule has 7 nitrogen and oxygen atoms in total. The summed E-state index contributed by atoms with van der Waals surface area (Å²) in [5.41, 5.74) is 0.497. The third kappa shape index (κ3) is 6.27. The molecule has 0 atom stereocenters. The van der Waals surface area contributed by atoms with Crippen molar-refractivity contribution >= 4 is 17.7 Å². The molecule has 0 bridgehead atoms. The summed E-state index contributed by atoms with van der Waals surface area (Å²) in [5, 5.41) is 0.